The van der Waals surface area contributed by atoms with Crippen LogP contribution in [0.2, 0.25) is 0 Å². The smallest absolute Gasteiger partial charge is 0.296 e. The topological polar surface area (TPSA) is 64.2 Å². The van der Waals surface area contributed by atoms with Gasteiger partial charge in [0.05, 0.1) is 6.67 Å². The highest BCUT2D eigenvalue weighted by Gasteiger charge is 2.42. The number of rotatable bonds is 5. The first-order valence-corrected chi connectivity index (χ1v) is 10.2. The number of likely N-dealkylation sites (N-methyl/N-ethyl adjacent to an activating group) is 1. The molecule has 29 heavy (non-hydrogen) atoms. The molecule has 0 aliphatic carbocycles. The highest BCUT2D eigenvalue weighted by atomic mass is 32.1. The van der Waals surface area contributed by atoms with Gasteiger partial charge >= 0.3 is 17.8 Å². The number of thiophene rings is 1. The molecule has 0 radical (unpaired) electrons. The van der Waals surface area contributed by atoms with Gasteiger partial charge in [-0.3, -0.25) is 24.3 Å². The fourth-order valence-corrected chi connectivity index (χ4v) is 4.55. The normalized spacial score (nSPS) is 18.9. The highest BCUT2D eigenvalue weighted by Crippen LogP contribution is 2.29. The lowest BCUT2D eigenvalue weighted by Gasteiger charge is -2.35. The van der Waals surface area contributed by atoms with Crippen molar-refractivity contribution in [1.82, 2.24) is 19.6 Å². The van der Waals surface area contributed by atoms with Crippen molar-refractivity contribution in [2.24, 2.45) is 0 Å². The zero-order chi connectivity index (χ0) is 20.5. The molecule has 2 fully saturated rings. The molecule has 152 valence electrons. The van der Waals surface area contributed by atoms with Gasteiger partial charge in [0, 0.05) is 49.5 Å². The Kier molecular flexibility index (Phi) is 5.44. The van der Waals surface area contributed by atoms with Gasteiger partial charge in [-0.25, -0.2) is 14.1 Å². The summed E-state index contributed by atoms with van der Waals surface area (Å²) >= 11 is 1.65. The van der Waals surface area contributed by atoms with E-state index < -0.39 is 17.8 Å². The van der Waals surface area contributed by atoms with Crippen molar-refractivity contribution in [3.05, 3.63) is 47.1 Å². The van der Waals surface area contributed by atoms with Crippen LogP contribution < -0.4 is 0 Å². The maximum Gasteiger partial charge on any atom is 0.335 e. The largest absolute Gasteiger partial charge is 0.335 e. The summed E-state index contributed by atoms with van der Waals surface area (Å²) in [5, 5.41) is 0. The third kappa shape index (κ3) is 4.07. The number of imide groups is 2. The minimum Gasteiger partial charge on any atom is -0.296 e. The molecule has 4 rings (SSSR count). The summed E-state index contributed by atoms with van der Waals surface area (Å²) in [6.07, 6.45) is 0. The number of nitrogens with zero attached hydrogens (tertiary/aromatic N) is 4. The van der Waals surface area contributed by atoms with Crippen molar-refractivity contribution < 1.29 is 18.8 Å². The van der Waals surface area contributed by atoms with E-state index in [0.29, 0.717) is 13.1 Å². The zero-order valence-corrected chi connectivity index (χ0v) is 16.8. The van der Waals surface area contributed by atoms with Crippen LogP contribution in [0, 0.1) is 5.82 Å². The summed E-state index contributed by atoms with van der Waals surface area (Å²) in [6, 6.07) is 10.1. The van der Waals surface area contributed by atoms with E-state index in [-0.39, 0.29) is 12.5 Å². The second-order valence-electron chi connectivity index (χ2n) is 7.19. The van der Waals surface area contributed by atoms with Crippen LogP contribution in [0.15, 0.2) is 36.4 Å². The summed E-state index contributed by atoms with van der Waals surface area (Å²) in [5.41, 5.74) is 0.880. The Balaban J connectivity index is 1.30. The van der Waals surface area contributed by atoms with Crippen LogP contribution in [-0.2, 0) is 16.1 Å². The molecule has 0 saturated carbocycles. The van der Waals surface area contributed by atoms with Gasteiger partial charge in [-0.15, -0.1) is 11.3 Å². The number of urea groups is 1. The molecular formula is C20H21FN4O3S. The lowest BCUT2D eigenvalue weighted by molar-refractivity contribution is -0.143. The molecule has 0 spiro atoms. The lowest BCUT2D eigenvalue weighted by atomic mass is 10.2. The molecule has 4 amide bonds. The van der Waals surface area contributed by atoms with Crippen molar-refractivity contribution in [2.75, 3.05) is 39.9 Å². The number of amides is 4. The number of hydrogen-bond donors (Lipinski definition) is 0. The fraction of sp³-hybridized carbons (Fsp3) is 0.350. The number of carbonyl (C=O) groups excluding carboxylic acids is 3. The van der Waals surface area contributed by atoms with Gasteiger partial charge in [-0.05, 0) is 29.8 Å². The highest BCUT2D eigenvalue weighted by molar-refractivity contribution is 7.15. The van der Waals surface area contributed by atoms with Crippen LogP contribution >= 0.6 is 11.3 Å². The predicted molar refractivity (Wildman–Crippen MR) is 106 cm³/mol. The zero-order valence-electron chi connectivity index (χ0n) is 16.0. The third-order valence-electron chi connectivity index (χ3n) is 5.21. The average Bonchev–Trinajstić information content (AvgIpc) is 3.25. The number of hydrogen-bond acceptors (Lipinski definition) is 6. The summed E-state index contributed by atoms with van der Waals surface area (Å²) in [5.74, 6) is -1.78. The molecule has 7 nitrogen and oxygen atoms in total. The summed E-state index contributed by atoms with van der Waals surface area (Å²) in [6.45, 7) is 3.95. The molecule has 3 heterocycles. The summed E-state index contributed by atoms with van der Waals surface area (Å²) in [4.78, 5) is 43.9. The number of benzene rings is 1. The van der Waals surface area contributed by atoms with E-state index >= 15 is 0 Å². The second kappa shape index (κ2) is 8.02. The monoisotopic (exact) mass is 416 g/mol. The van der Waals surface area contributed by atoms with Gasteiger partial charge < -0.3 is 0 Å². The Hall–Kier alpha value is -2.62. The Morgan fingerprint density at radius 3 is 2.34 bits per heavy atom. The Morgan fingerprint density at radius 1 is 0.966 bits per heavy atom. The number of carbonyl (C=O) groups is 3. The molecule has 1 aromatic carbocycles. The maximum atomic E-state index is 13.4. The minimum absolute atomic E-state index is 0.143. The van der Waals surface area contributed by atoms with Crippen molar-refractivity contribution in [2.45, 2.75) is 6.54 Å². The first kappa shape index (κ1) is 19.7. The number of piperazine rings is 1. The quantitative estimate of drug-likeness (QED) is 0.552. The molecular weight excluding hydrogens is 395 g/mol. The molecule has 1 aromatic heterocycles. The SMILES string of the molecule is CN1C(=O)C(=O)N(CN2CCN(Cc3ccc(-c4cccc(F)c4)s3)CC2)C1=O. The molecule has 2 aromatic rings. The van der Waals surface area contributed by atoms with E-state index in [2.05, 4.69) is 11.0 Å². The van der Waals surface area contributed by atoms with Gasteiger partial charge in [0.2, 0.25) is 0 Å². The molecule has 2 aliphatic heterocycles. The van der Waals surface area contributed by atoms with Crippen LogP contribution in [-0.4, -0.2) is 77.3 Å². The van der Waals surface area contributed by atoms with E-state index in [0.717, 1.165) is 39.9 Å². The Morgan fingerprint density at radius 2 is 1.69 bits per heavy atom. The standard InChI is InChI=1S/C20H21FN4O3S/c1-22-18(26)19(27)25(20(22)28)13-24-9-7-23(8-10-24)12-16-5-6-17(29-16)14-3-2-4-15(21)11-14/h2-6,11H,7-10,12-13H2,1H3. The van der Waals surface area contributed by atoms with E-state index in [1.165, 1.54) is 24.1 Å². The van der Waals surface area contributed by atoms with Crippen LogP contribution in [0.1, 0.15) is 4.88 Å². The molecule has 0 N–H and O–H groups in total. The second-order valence-corrected chi connectivity index (χ2v) is 8.36. The van der Waals surface area contributed by atoms with E-state index in [9.17, 15) is 18.8 Å². The average molecular weight is 416 g/mol. The molecule has 2 aliphatic rings. The first-order chi connectivity index (χ1) is 13.9. The molecule has 2 saturated heterocycles. The first-order valence-electron chi connectivity index (χ1n) is 9.35. The summed E-state index contributed by atoms with van der Waals surface area (Å²) in [7, 11) is 1.32. The van der Waals surface area contributed by atoms with Crippen LogP contribution in [0.4, 0.5) is 9.18 Å². The minimum atomic E-state index is -0.777. The van der Waals surface area contributed by atoms with Gasteiger partial charge in [0.25, 0.3) is 0 Å². The summed E-state index contributed by atoms with van der Waals surface area (Å²) < 4.78 is 13.4. The van der Waals surface area contributed by atoms with Gasteiger partial charge in [-0.2, -0.15) is 0 Å². The van der Waals surface area contributed by atoms with Crippen LogP contribution in [0.3, 0.4) is 0 Å². The molecule has 0 atom stereocenters. The molecule has 9 heteroatoms. The van der Waals surface area contributed by atoms with Gasteiger partial charge in [0.1, 0.15) is 5.82 Å². The van der Waals surface area contributed by atoms with Gasteiger partial charge in [0.15, 0.2) is 0 Å². The van der Waals surface area contributed by atoms with E-state index in [4.69, 9.17) is 0 Å². The van der Waals surface area contributed by atoms with Crippen molar-refractivity contribution >= 4 is 29.2 Å². The number of halogens is 1. The van der Waals surface area contributed by atoms with Crippen LogP contribution in [0.5, 0.6) is 0 Å². The molecule has 0 unspecified atom stereocenters. The van der Waals surface area contributed by atoms with Crippen molar-refractivity contribution in [3.63, 3.8) is 0 Å². The van der Waals surface area contributed by atoms with Crippen molar-refractivity contribution in [3.8, 4) is 10.4 Å². The fourth-order valence-electron chi connectivity index (χ4n) is 3.51. The van der Waals surface area contributed by atoms with Gasteiger partial charge in [-0.1, -0.05) is 12.1 Å². The third-order valence-corrected chi connectivity index (χ3v) is 6.33. The Labute approximate surface area is 171 Å². The van der Waals surface area contributed by atoms with Crippen molar-refractivity contribution in [1.29, 1.82) is 0 Å². The lowest BCUT2D eigenvalue weighted by Crippen LogP contribution is -2.51. The van der Waals surface area contributed by atoms with E-state index in [1.807, 2.05) is 17.0 Å². The van der Waals surface area contributed by atoms with E-state index in [1.54, 1.807) is 17.4 Å². The maximum absolute atomic E-state index is 13.4. The molecule has 0 bridgehead atoms. The van der Waals surface area contributed by atoms with Crippen LogP contribution in [0.25, 0.3) is 10.4 Å². The Bertz CT molecular complexity index is 955. The predicted octanol–water partition coefficient (Wildman–Crippen LogP) is 2.05.